The van der Waals surface area contributed by atoms with Gasteiger partial charge in [0.05, 0.1) is 11.9 Å². The zero-order valence-corrected chi connectivity index (χ0v) is 15.8. The Morgan fingerprint density at radius 2 is 2.00 bits per heavy atom. The van der Waals surface area contributed by atoms with E-state index in [1.165, 1.54) is 19.2 Å². The zero-order chi connectivity index (χ0) is 20.0. The second kappa shape index (κ2) is 8.90. The molecule has 0 atom stereocenters. The van der Waals surface area contributed by atoms with Gasteiger partial charge in [0.15, 0.2) is 11.6 Å². The molecular weight excluding hydrogens is 365 g/mol. The van der Waals surface area contributed by atoms with Crippen LogP contribution < -0.4 is 10.6 Å². The highest BCUT2D eigenvalue weighted by Crippen LogP contribution is 2.34. The van der Waals surface area contributed by atoms with Crippen LogP contribution in [-0.2, 0) is 21.5 Å². The first-order valence-electron chi connectivity index (χ1n) is 9.50. The summed E-state index contributed by atoms with van der Waals surface area (Å²) in [5, 5.41) is 9.59. The van der Waals surface area contributed by atoms with Crippen LogP contribution in [0.25, 0.3) is 0 Å². The van der Waals surface area contributed by atoms with Crippen LogP contribution in [0, 0.1) is 5.82 Å². The number of pyridine rings is 1. The van der Waals surface area contributed by atoms with Crippen molar-refractivity contribution in [3.05, 3.63) is 36.0 Å². The molecule has 0 spiro atoms. The number of carbonyl (C=O) groups is 2. The van der Waals surface area contributed by atoms with Gasteiger partial charge in [-0.3, -0.25) is 14.6 Å². The zero-order valence-electron chi connectivity index (χ0n) is 15.8. The van der Waals surface area contributed by atoms with Crippen LogP contribution in [0.1, 0.15) is 63.6 Å². The number of rotatable bonds is 6. The molecule has 0 radical (unpaired) electrons. The van der Waals surface area contributed by atoms with E-state index in [0.29, 0.717) is 11.7 Å². The van der Waals surface area contributed by atoms with Crippen molar-refractivity contribution in [2.24, 2.45) is 0 Å². The van der Waals surface area contributed by atoms with Crippen LogP contribution in [0.3, 0.4) is 0 Å². The summed E-state index contributed by atoms with van der Waals surface area (Å²) in [6.45, 7) is 1.48. The standard InChI is InChI=1S/C19H24FN5O3/c1-13(26)24-19(9-4-2-3-5-10-19)18-23-17(28-25-18)7-6-16(27)22-15-8-11-21-12-14(15)20/h8,11-12H,2-7,9-10H2,1H3,(H,24,26)(H,21,22,27). The molecule has 2 heterocycles. The maximum absolute atomic E-state index is 13.5. The molecule has 1 fully saturated rings. The summed E-state index contributed by atoms with van der Waals surface area (Å²) >= 11 is 0. The first kappa shape index (κ1) is 19.9. The lowest BCUT2D eigenvalue weighted by Gasteiger charge is -2.30. The lowest BCUT2D eigenvalue weighted by molar-refractivity contribution is -0.121. The van der Waals surface area contributed by atoms with Gasteiger partial charge in [0.2, 0.25) is 17.7 Å². The molecule has 1 aliphatic rings. The summed E-state index contributed by atoms with van der Waals surface area (Å²) in [7, 11) is 0. The molecule has 2 amide bonds. The first-order chi connectivity index (χ1) is 13.5. The van der Waals surface area contributed by atoms with Gasteiger partial charge in [0.25, 0.3) is 0 Å². The number of amides is 2. The van der Waals surface area contributed by atoms with Crippen LogP contribution >= 0.6 is 0 Å². The maximum Gasteiger partial charge on any atom is 0.227 e. The highest BCUT2D eigenvalue weighted by molar-refractivity contribution is 5.90. The second-order valence-corrected chi connectivity index (χ2v) is 7.09. The maximum atomic E-state index is 13.5. The average molecular weight is 389 g/mol. The minimum absolute atomic E-state index is 0.0660. The van der Waals surface area contributed by atoms with Gasteiger partial charge in [-0.2, -0.15) is 4.98 Å². The first-order valence-corrected chi connectivity index (χ1v) is 9.50. The average Bonchev–Trinajstić information content (AvgIpc) is 3.02. The Morgan fingerprint density at radius 1 is 1.25 bits per heavy atom. The number of carbonyl (C=O) groups excluding carboxylic acids is 2. The molecule has 1 aliphatic carbocycles. The summed E-state index contributed by atoms with van der Waals surface area (Å²) in [5.74, 6) is -0.320. The number of anilines is 1. The number of nitrogens with zero attached hydrogens (tertiary/aromatic N) is 3. The van der Waals surface area contributed by atoms with E-state index >= 15 is 0 Å². The van der Waals surface area contributed by atoms with E-state index in [1.54, 1.807) is 0 Å². The van der Waals surface area contributed by atoms with Crippen LogP contribution in [0.5, 0.6) is 0 Å². The van der Waals surface area contributed by atoms with Gasteiger partial charge < -0.3 is 15.2 Å². The normalized spacial score (nSPS) is 16.2. The smallest absolute Gasteiger partial charge is 0.227 e. The Kier molecular flexibility index (Phi) is 6.33. The van der Waals surface area contributed by atoms with Crippen LogP contribution in [-0.4, -0.2) is 26.9 Å². The molecule has 0 bridgehead atoms. The van der Waals surface area contributed by atoms with Gasteiger partial charge in [-0.1, -0.05) is 30.8 Å². The number of hydrogen-bond donors (Lipinski definition) is 2. The molecule has 150 valence electrons. The molecule has 0 aliphatic heterocycles. The molecule has 2 N–H and O–H groups in total. The van der Waals surface area contributed by atoms with Gasteiger partial charge in [-0.05, 0) is 18.9 Å². The minimum atomic E-state index is -0.619. The predicted molar refractivity (Wildman–Crippen MR) is 98.6 cm³/mol. The van der Waals surface area contributed by atoms with Crippen molar-refractivity contribution in [3.8, 4) is 0 Å². The second-order valence-electron chi connectivity index (χ2n) is 7.09. The predicted octanol–water partition coefficient (Wildman–Crippen LogP) is 2.86. The molecule has 28 heavy (non-hydrogen) atoms. The lowest BCUT2D eigenvalue weighted by atomic mass is 9.89. The van der Waals surface area contributed by atoms with E-state index in [-0.39, 0.29) is 30.3 Å². The third-order valence-corrected chi connectivity index (χ3v) is 4.88. The molecule has 0 unspecified atom stereocenters. The fraction of sp³-hybridized carbons (Fsp3) is 0.526. The fourth-order valence-corrected chi connectivity index (χ4v) is 3.53. The monoisotopic (exact) mass is 389 g/mol. The summed E-state index contributed by atoms with van der Waals surface area (Å²) in [4.78, 5) is 31.9. The van der Waals surface area contributed by atoms with Crippen molar-refractivity contribution in [1.82, 2.24) is 20.4 Å². The Labute approximate surface area is 162 Å². The lowest BCUT2D eigenvalue weighted by Crippen LogP contribution is -2.45. The molecule has 9 heteroatoms. The van der Waals surface area contributed by atoms with E-state index in [9.17, 15) is 14.0 Å². The summed E-state index contributed by atoms with van der Waals surface area (Å²) in [6.07, 6.45) is 8.41. The van der Waals surface area contributed by atoms with Crippen LogP contribution in [0.15, 0.2) is 23.0 Å². The molecule has 0 aromatic carbocycles. The molecule has 8 nitrogen and oxygen atoms in total. The minimum Gasteiger partial charge on any atom is -0.343 e. The van der Waals surface area contributed by atoms with Gasteiger partial charge in [0.1, 0.15) is 5.54 Å². The van der Waals surface area contributed by atoms with Gasteiger partial charge in [-0.15, -0.1) is 0 Å². The Balaban J connectivity index is 1.64. The molecule has 2 aromatic rings. The van der Waals surface area contributed by atoms with Gasteiger partial charge in [-0.25, -0.2) is 4.39 Å². The van der Waals surface area contributed by atoms with Crippen molar-refractivity contribution in [2.45, 2.75) is 63.8 Å². The van der Waals surface area contributed by atoms with E-state index in [0.717, 1.165) is 44.7 Å². The topological polar surface area (TPSA) is 110 Å². The summed E-state index contributed by atoms with van der Waals surface area (Å²) in [5.41, 5.74) is -0.541. The molecular formula is C19H24FN5O3. The highest BCUT2D eigenvalue weighted by atomic mass is 19.1. The number of aromatic nitrogens is 3. The third-order valence-electron chi connectivity index (χ3n) is 4.88. The van der Waals surface area contributed by atoms with Gasteiger partial charge in [0, 0.05) is 26.0 Å². The van der Waals surface area contributed by atoms with Gasteiger partial charge >= 0.3 is 0 Å². The SMILES string of the molecule is CC(=O)NC1(c2noc(CCC(=O)Nc3ccncc3F)n2)CCCCCC1. The number of nitrogens with one attached hydrogen (secondary N) is 2. The third kappa shape index (κ3) is 4.90. The highest BCUT2D eigenvalue weighted by Gasteiger charge is 2.38. The number of aryl methyl sites for hydroxylation is 1. The number of halogens is 1. The van der Waals surface area contributed by atoms with E-state index in [4.69, 9.17) is 4.52 Å². The Bertz CT molecular complexity index is 830. The molecule has 0 saturated heterocycles. The van der Waals surface area contributed by atoms with Crippen molar-refractivity contribution in [3.63, 3.8) is 0 Å². The van der Waals surface area contributed by atoms with Crippen molar-refractivity contribution < 1.29 is 18.5 Å². The molecule has 2 aromatic heterocycles. The largest absolute Gasteiger partial charge is 0.343 e. The Morgan fingerprint density at radius 3 is 2.68 bits per heavy atom. The van der Waals surface area contributed by atoms with Crippen molar-refractivity contribution in [2.75, 3.05) is 5.32 Å². The fourth-order valence-electron chi connectivity index (χ4n) is 3.53. The molecule has 3 rings (SSSR count). The Hall–Kier alpha value is -2.84. The molecule has 1 saturated carbocycles. The van der Waals surface area contributed by atoms with Crippen molar-refractivity contribution in [1.29, 1.82) is 0 Å². The summed E-state index contributed by atoms with van der Waals surface area (Å²) in [6, 6.07) is 1.39. The number of hydrogen-bond acceptors (Lipinski definition) is 6. The van der Waals surface area contributed by atoms with E-state index in [1.807, 2.05) is 0 Å². The van der Waals surface area contributed by atoms with Crippen molar-refractivity contribution >= 4 is 17.5 Å². The van der Waals surface area contributed by atoms with Crippen LogP contribution in [0.2, 0.25) is 0 Å². The quantitative estimate of drug-likeness (QED) is 0.735. The van der Waals surface area contributed by atoms with Crippen LogP contribution in [0.4, 0.5) is 10.1 Å². The van der Waals surface area contributed by atoms with E-state index in [2.05, 4.69) is 25.8 Å². The van der Waals surface area contributed by atoms with E-state index < -0.39 is 11.4 Å². The summed E-state index contributed by atoms with van der Waals surface area (Å²) < 4.78 is 18.9.